The minimum atomic E-state index is -4.53. The Morgan fingerprint density at radius 3 is 1.96 bits per heavy atom. The van der Waals surface area contributed by atoms with Gasteiger partial charge in [-0.05, 0) is 55.3 Å². The quantitative estimate of drug-likeness (QED) is 0.817. The maximum Gasteiger partial charge on any atom is 0.416 e. The normalized spacial score (nSPS) is 11.0. The molecule has 0 bridgehead atoms. The van der Waals surface area contributed by atoms with Gasteiger partial charge in [0.1, 0.15) is 0 Å². The molecular weight excluding hydrogens is 321 g/mol. The van der Waals surface area contributed by atoms with Gasteiger partial charge in [-0.15, -0.1) is 0 Å². The molecule has 2 amide bonds. The van der Waals surface area contributed by atoms with Crippen molar-refractivity contribution in [2.24, 2.45) is 0 Å². The zero-order valence-corrected chi connectivity index (χ0v) is 13.0. The number of amides is 2. The number of rotatable bonds is 2. The Morgan fingerprint density at radius 1 is 0.833 bits per heavy atom. The average Bonchev–Trinajstić information content (AvgIpc) is 2.50. The van der Waals surface area contributed by atoms with Gasteiger partial charge in [0, 0.05) is 11.4 Å². The van der Waals surface area contributed by atoms with E-state index in [2.05, 4.69) is 10.6 Å². The first-order valence-corrected chi connectivity index (χ1v) is 7.03. The van der Waals surface area contributed by atoms with E-state index in [-0.39, 0.29) is 5.69 Å². The lowest BCUT2D eigenvalue weighted by Gasteiger charge is -2.10. The summed E-state index contributed by atoms with van der Waals surface area (Å²) in [6.07, 6.45) is -4.53. The van der Waals surface area contributed by atoms with E-state index in [0.717, 1.165) is 29.3 Å². The fraction of sp³-hybridized carbons (Fsp3) is 0.176. The van der Waals surface area contributed by atoms with Crippen molar-refractivity contribution in [1.82, 2.24) is 0 Å². The maximum atomic E-state index is 12.6. The van der Waals surface area contributed by atoms with Gasteiger partial charge in [0.2, 0.25) is 0 Å². The van der Waals surface area contributed by atoms with Crippen LogP contribution in [0.25, 0.3) is 0 Å². The van der Waals surface area contributed by atoms with Crippen molar-refractivity contribution >= 4 is 23.2 Å². The van der Waals surface area contributed by atoms with Crippen molar-refractivity contribution in [2.45, 2.75) is 20.0 Å². The molecule has 4 nitrogen and oxygen atoms in total. The monoisotopic (exact) mass is 336 g/mol. The Bertz CT molecular complexity index is 786. The number of hydrogen-bond donors (Lipinski definition) is 2. The summed E-state index contributed by atoms with van der Waals surface area (Å²) in [5.41, 5.74) is 1.38. The molecule has 2 rings (SSSR count). The molecule has 0 saturated carbocycles. The number of nitrogens with one attached hydrogen (secondary N) is 2. The summed E-state index contributed by atoms with van der Waals surface area (Å²) >= 11 is 0. The first-order valence-electron chi connectivity index (χ1n) is 7.03. The van der Waals surface area contributed by atoms with Gasteiger partial charge in [0.25, 0.3) is 0 Å². The number of carbonyl (C=O) groups is 2. The molecule has 0 aliphatic carbocycles. The second kappa shape index (κ2) is 6.74. The van der Waals surface area contributed by atoms with E-state index in [9.17, 15) is 22.8 Å². The van der Waals surface area contributed by atoms with E-state index in [1.54, 1.807) is 18.2 Å². The topological polar surface area (TPSA) is 58.2 Å². The molecular formula is C17H15F3N2O2. The zero-order valence-electron chi connectivity index (χ0n) is 13.0. The van der Waals surface area contributed by atoms with Gasteiger partial charge < -0.3 is 10.6 Å². The van der Waals surface area contributed by atoms with E-state index < -0.39 is 23.6 Å². The van der Waals surface area contributed by atoms with E-state index in [1.807, 2.05) is 13.8 Å². The van der Waals surface area contributed by atoms with E-state index in [1.165, 1.54) is 6.07 Å². The lowest BCUT2D eigenvalue weighted by molar-refractivity contribution is -0.137. The van der Waals surface area contributed by atoms with Gasteiger partial charge in [-0.25, -0.2) is 0 Å². The minimum Gasteiger partial charge on any atom is -0.318 e. The molecule has 0 aromatic heterocycles. The van der Waals surface area contributed by atoms with Crippen LogP contribution in [0.4, 0.5) is 24.5 Å². The van der Waals surface area contributed by atoms with E-state index in [0.29, 0.717) is 5.69 Å². The summed E-state index contributed by atoms with van der Waals surface area (Å²) in [5.74, 6) is -2.01. The van der Waals surface area contributed by atoms with Crippen molar-refractivity contribution in [2.75, 3.05) is 10.6 Å². The first kappa shape index (κ1) is 17.5. The van der Waals surface area contributed by atoms with Gasteiger partial charge >= 0.3 is 18.0 Å². The molecule has 24 heavy (non-hydrogen) atoms. The lowest BCUT2D eigenvalue weighted by atomic mass is 10.1. The van der Waals surface area contributed by atoms with Crippen LogP contribution < -0.4 is 10.6 Å². The number of halogens is 3. The van der Waals surface area contributed by atoms with Crippen molar-refractivity contribution in [3.8, 4) is 0 Å². The number of alkyl halides is 3. The van der Waals surface area contributed by atoms with Crippen LogP contribution in [-0.2, 0) is 15.8 Å². The van der Waals surface area contributed by atoms with E-state index >= 15 is 0 Å². The third-order valence-electron chi connectivity index (χ3n) is 3.42. The molecule has 2 aromatic rings. The number of aryl methyl sites for hydroxylation is 2. The Kier molecular flexibility index (Phi) is 4.92. The highest BCUT2D eigenvalue weighted by atomic mass is 19.4. The molecule has 0 saturated heterocycles. The highest BCUT2D eigenvalue weighted by Crippen LogP contribution is 2.30. The summed E-state index contributed by atoms with van der Waals surface area (Å²) in [6.45, 7) is 3.76. The van der Waals surface area contributed by atoms with Gasteiger partial charge in [-0.2, -0.15) is 13.2 Å². The Hall–Kier alpha value is -2.83. The van der Waals surface area contributed by atoms with Gasteiger partial charge in [0.05, 0.1) is 5.56 Å². The average molecular weight is 336 g/mol. The Labute approximate surface area is 136 Å². The predicted molar refractivity (Wildman–Crippen MR) is 84.6 cm³/mol. The second-order valence-corrected chi connectivity index (χ2v) is 5.29. The SMILES string of the molecule is Cc1ccc(NC(=O)C(=O)Nc2cccc(C(F)(F)F)c2)cc1C. The molecule has 0 fully saturated rings. The lowest BCUT2D eigenvalue weighted by Crippen LogP contribution is -2.29. The molecule has 126 valence electrons. The largest absolute Gasteiger partial charge is 0.416 e. The van der Waals surface area contributed by atoms with Gasteiger partial charge in [0.15, 0.2) is 0 Å². The molecule has 0 spiro atoms. The van der Waals surface area contributed by atoms with Crippen LogP contribution >= 0.6 is 0 Å². The molecule has 0 radical (unpaired) electrons. The van der Waals surface area contributed by atoms with Crippen LogP contribution in [0.2, 0.25) is 0 Å². The summed E-state index contributed by atoms with van der Waals surface area (Å²) in [7, 11) is 0. The molecule has 0 atom stereocenters. The molecule has 0 aliphatic heterocycles. The number of carbonyl (C=O) groups excluding carboxylic acids is 2. The summed E-state index contributed by atoms with van der Waals surface area (Å²) in [4.78, 5) is 23.7. The zero-order chi connectivity index (χ0) is 17.9. The second-order valence-electron chi connectivity index (χ2n) is 5.29. The van der Waals surface area contributed by atoms with Gasteiger partial charge in [-0.1, -0.05) is 12.1 Å². The molecule has 7 heteroatoms. The first-order chi connectivity index (χ1) is 11.2. The summed E-state index contributed by atoms with van der Waals surface area (Å²) < 4.78 is 37.9. The van der Waals surface area contributed by atoms with Crippen molar-refractivity contribution in [3.05, 3.63) is 59.2 Å². The minimum absolute atomic E-state index is 0.106. The molecule has 0 unspecified atom stereocenters. The Morgan fingerprint density at radius 2 is 1.42 bits per heavy atom. The van der Waals surface area contributed by atoms with Gasteiger partial charge in [-0.3, -0.25) is 9.59 Å². The van der Waals surface area contributed by atoms with Crippen LogP contribution in [0.15, 0.2) is 42.5 Å². The van der Waals surface area contributed by atoms with E-state index in [4.69, 9.17) is 0 Å². The van der Waals surface area contributed by atoms with Crippen LogP contribution in [0, 0.1) is 13.8 Å². The molecule has 2 aromatic carbocycles. The smallest absolute Gasteiger partial charge is 0.318 e. The van der Waals surface area contributed by atoms with Crippen LogP contribution in [0.1, 0.15) is 16.7 Å². The van der Waals surface area contributed by atoms with Crippen LogP contribution in [-0.4, -0.2) is 11.8 Å². The fourth-order valence-corrected chi connectivity index (χ4v) is 1.97. The number of hydrogen-bond acceptors (Lipinski definition) is 2. The molecule has 0 aliphatic rings. The summed E-state index contributed by atoms with van der Waals surface area (Å²) in [5, 5.41) is 4.55. The standard InChI is InChI=1S/C17H15F3N2O2/c1-10-6-7-14(8-11(10)2)22-16(24)15(23)21-13-5-3-4-12(9-13)17(18,19)20/h3-9H,1-2H3,(H,21,23)(H,22,24). The number of anilines is 2. The molecule has 2 N–H and O–H groups in total. The molecule has 0 heterocycles. The Balaban J connectivity index is 2.06. The van der Waals surface area contributed by atoms with Crippen LogP contribution in [0.5, 0.6) is 0 Å². The summed E-state index contributed by atoms with van der Waals surface area (Å²) in [6, 6.07) is 9.19. The highest BCUT2D eigenvalue weighted by Gasteiger charge is 2.30. The highest BCUT2D eigenvalue weighted by molar-refractivity contribution is 6.43. The van der Waals surface area contributed by atoms with Crippen molar-refractivity contribution in [3.63, 3.8) is 0 Å². The third-order valence-corrected chi connectivity index (χ3v) is 3.42. The maximum absolute atomic E-state index is 12.6. The third kappa shape index (κ3) is 4.34. The fourth-order valence-electron chi connectivity index (χ4n) is 1.97. The van der Waals surface area contributed by atoms with Crippen molar-refractivity contribution in [1.29, 1.82) is 0 Å². The predicted octanol–water partition coefficient (Wildman–Crippen LogP) is 3.90. The van der Waals surface area contributed by atoms with Crippen molar-refractivity contribution < 1.29 is 22.8 Å². The number of benzene rings is 2. The van der Waals surface area contributed by atoms with Crippen LogP contribution in [0.3, 0.4) is 0 Å².